The molecule has 0 unspecified atom stereocenters. The lowest BCUT2D eigenvalue weighted by atomic mass is 10.4. The van der Waals surface area contributed by atoms with Crippen LogP contribution in [0.2, 0.25) is 0 Å². The first kappa shape index (κ1) is 11.6. The van der Waals surface area contributed by atoms with E-state index >= 15 is 0 Å². The fourth-order valence-electron chi connectivity index (χ4n) is 1.59. The summed E-state index contributed by atoms with van der Waals surface area (Å²) >= 11 is 0. The molecule has 0 aliphatic carbocycles. The molecule has 0 radical (unpaired) electrons. The minimum Gasteiger partial charge on any atom is -0.481 e. The molecule has 17 heavy (non-hydrogen) atoms. The van der Waals surface area contributed by atoms with Crippen molar-refractivity contribution in [3.8, 4) is 0 Å². The lowest BCUT2D eigenvalue weighted by Gasteiger charge is -2.27. The molecule has 0 saturated carbocycles. The Hall–Kier alpha value is -1.89. The summed E-state index contributed by atoms with van der Waals surface area (Å²) < 4.78 is 9.90. The van der Waals surface area contributed by atoms with Crippen molar-refractivity contribution >= 4 is 11.8 Å². The Labute approximate surface area is 96.6 Å². The molecule has 1 fully saturated rings. The monoisotopic (exact) mass is 240 g/mol. The summed E-state index contributed by atoms with van der Waals surface area (Å²) in [4.78, 5) is 27.7. The number of aromatic nitrogens is 1. The number of carbonyl (C=O) groups is 1. The first-order valence-corrected chi connectivity index (χ1v) is 5.21. The first-order chi connectivity index (χ1) is 8.15. The molecule has 1 aliphatic heterocycles. The third kappa shape index (κ3) is 3.04. The number of carboxylic acids is 1. The van der Waals surface area contributed by atoms with Crippen LogP contribution >= 0.6 is 0 Å². The lowest BCUT2D eigenvalue weighted by Crippen LogP contribution is -2.37. The van der Waals surface area contributed by atoms with Gasteiger partial charge in [0.2, 0.25) is 5.89 Å². The van der Waals surface area contributed by atoms with Gasteiger partial charge < -0.3 is 19.2 Å². The zero-order valence-electron chi connectivity index (χ0n) is 9.09. The largest absolute Gasteiger partial charge is 0.481 e. The highest BCUT2D eigenvalue weighted by Crippen LogP contribution is 2.11. The summed E-state index contributed by atoms with van der Waals surface area (Å²) in [7, 11) is 0. The Bertz CT molecular complexity index is 464. The van der Waals surface area contributed by atoms with Gasteiger partial charge in [0.1, 0.15) is 12.2 Å². The van der Waals surface area contributed by atoms with Crippen molar-refractivity contribution < 1.29 is 19.1 Å². The fraction of sp³-hybridized carbons (Fsp3) is 0.500. The van der Waals surface area contributed by atoms with Crippen molar-refractivity contribution in [3.05, 3.63) is 22.4 Å². The SMILES string of the molecule is O=C(O)Cc1nc(N2CCOCC2)cc(=O)o1. The van der Waals surface area contributed by atoms with Gasteiger partial charge in [-0.05, 0) is 0 Å². The fourth-order valence-corrected chi connectivity index (χ4v) is 1.59. The number of aliphatic carboxylic acids is 1. The van der Waals surface area contributed by atoms with E-state index in [9.17, 15) is 9.59 Å². The highest BCUT2D eigenvalue weighted by Gasteiger charge is 2.15. The van der Waals surface area contributed by atoms with Crippen LogP contribution in [-0.2, 0) is 16.0 Å². The molecule has 1 saturated heterocycles. The van der Waals surface area contributed by atoms with E-state index in [1.807, 2.05) is 4.90 Å². The summed E-state index contributed by atoms with van der Waals surface area (Å²) in [6, 6.07) is 1.26. The maximum absolute atomic E-state index is 11.3. The molecule has 0 amide bonds. The van der Waals surface area contributed by atoms with Gasteiger partial charge in [0.15, 0.2) is 0 Å². The van der Waals surface area contributed by atoms with E-state index < -0.39 is 18.0 Å². The second-order valence-corrected chi connectivity index (χ2v) is 3.60. The molecule has 1 aromatic rings. The smallest absolute Gasteiger partial charge is 0.340 e. The molecule has 0 spiro atoms. The van der Waals surface area contributed by atoms with Crippen molar-refractivity contribution in [2.45, 2.75) is 6.42 Å². The van der Waals surface area contributed by atoms with Crippen LogP contribution in [0.4, 0.5) is 5.82 Å². The van der Waals surface area contributed by atoms with Gasteiger partial charge in [-0.1, -0.05) is 0 Å². The minimum atomic E-state index is -1.08. The van der Waals surface area contributed by atoms with Gasteiger partial charge >= 0.3 is 11.6 Å². The van der Waals surface area contributed by atoms with E-state index in [0.29, 0.717) is 32.1 Å². The molecule has 2 rings (SSSR count). The van der Waals surface area contributed by atoms with Crippen molar-refractivity contribution in [3.63, 3.8) is 0 Å². The van der Waals surface area contributed by atoms with Gasteiger partial charge in [0.05, 0.1) is 19.3 Å². The molecule has 1 aromatic heterocycles. The third-order valence-corrected chi connectivity index (χ3v) is 2.34. The van der Waals surface area contributed by atoms with Gasteiger partial charge in [-0.15, -0.1) is 0 Å². The van der Waals surface area contributed by atoms with Crippen LogP contribution in [-0.4, -0.2) is 42.4 Å². The highest BCUT2D eigenvalue weighted by molar-refractivity contribution is 5.68. The Kier molecular flexibility index (Phi) is 3.38. The van der Waals surface area contributed by atoms with Crippen LogP contribution in [0.3, 0.4) is 0 Å². The van der Waals surface area contributed by atoms with Crippen LogP contribution in [0.15, 0.2) is 15.3 Å². The maximum atomic E-state index is 11.3. The van der Waals surface area contributed by atoms with Crippen LogP contribution in [0, 0.1) is 0 Å². The minimum absolute atomic E-state index is 0.0773. The Morgan fingerprint density at radius 3 is 2.82 bits per heavy atom. The Morgan fingerprint density at radius 1 is 1.47 bits per heavy atom. The van der Waals surface area contributed by atoms with Gasteiger partial charge in [0.25, 0.3) is 0 Å². The number of nitrogens with zero attached hydrogens (tertiary/aromatic N) is 2. The Balaban J connectivity index is 2.24. The number of morpholine rings is 1. The van der Waals surface area contributed by atoms with E-state index in [-0.39, 0.29) is 5.89 Å². The van der Waals surface area contributed by atoms with E-state index in [1.54, 1.807) is 0 Å². The Morgan fingerprint density at radius 2 is 2.18 bits per heavy atom. The zero-order valence-corrected chi connectivity index (χ0v) is 9.09. The molecule has 1 N–H and O–H groups in total. The number of ether oxygens (including phenoxy) is 1. The van der Waals surface area contributed by atoms with E-state index in [2.05, 4.69) is 4.98 Å². The molecule has 2 heterocycles. The summed E-state index contributed by atoms with van der Waals surface area (Å²) in [6.45, 7) is 2.39. The van der Waals surface area contributed by atoms with Crippen molar-refractivity contribution in [1.29, 1.82) is 0 Å². The van der Waals surface area contributed by atoms with Crippen LogP contribution in [0.5, 0.6) is 0 Å². The standard InChI is InChI=1S/C10H12N2O5/c13-9(14)6-8-11-7(5-10(15)17-8)12-1-3-16-4-2-12/h5H,1-4,6H2,(H,13,14). The van der Waals surface area contributed by atoms with Gasteiger partial charge in [0, 0.05) is 13.1 Å². The van der Waals surface area contributed by atoms with Gasteiger partial charge in [-0.2, -0.15) is 4.98 Å². The van der Waals surface area contributed by atoms with Crippen LogP contribution in [0.25, 0.3) is 0 Å². The second-order valence-electron chi connectivity index (χ2n) is 3.60. The van der Waals surface area contributed by atoms with Crippen molar-refractivity contribution in [1.82, 2.24) is 4.98 Å². The van der Waals surface area contributed by atoms with Crippen molar-refractivity contribution in [2.24, 2.45) is 0 Å². The molecular formula is C10H12N2O5. The number of hydrogen-bond acceptors (Lipinski definition) is 6. The average Bonchev–Trinajstić information content (AvgIpc) is 2.28. The van der Waals surface area contributed by atoms with E-state index in [0.717, 1.165) is 0 Å². The van der Waals surface area contributed by atoms with Crippen LogP contribution in [0.1, 0.15) is 5.89 Å². The summed E-state index contributed by atoms with van der Waals surface area (Å²) in [5.41, 5.74) is -0.585. The number of hydrogen-bond donors (Lipinski definition) is 1. The number of anilines is 1. The second kappa shape index (κ2) is 4.96. The maximum Gasteiger partial charge on any atom is 0.340 e. The first-order valence-electron chi connectivity index (χ1n) is 5.21. The zero-order chi connectivity index (χ0) is 12.3. The molecule has 7 nitrogen and oxygen atoms in total. The predicted octanol–water partition coefficient (Wildman–Crippen LogP) is -0.502. The highest BCUT2D eigenvalue weighted by atomic mass is 16.5. The molecule has 7 heteroatoms. The summed E-state index contributed by atoms with van der Waals surface area (Å²) in [5, 5.41) is 8.62. The molecule has 0 atom stereocenters. The van der Waals surface area contributed by atoms with E-state index in [1.165, 1.54) is 6.07 Å². The summed E-state index contributed by atoms with van der Waals surface area (Å²) in [5.74, 6) is -0.716. The van der Waals surface area contributed by atoms with Crippen molar-refractivity contribution in [2.75, 3.05) is 31.2 Å². The number of carboxylic acid groups (broad SMARTS) is 1. The molecule has 92 valence electrons. The molecule has 1 aliphatic rings. The normalized spacial score (nSPS) is 15.9. The lowest BCUT2D eigenvalue weighted by molar-refractivity contribution is -0.136. The van der Waals surface area contributed by atoms with Crippen LogP contribution < -0.4 is 10.5 Å². The number of rotatable bonds is 3. The molecule has 0 aromatic carbocycles. The third-order valence-electron chi connectivity index (χ3n) is 2.34. The average molecular weight is 240 g/mol. The van der Waals surface area contributed by atoms with E-state index in [4.69, 9.17) is 14.3 Å². The van der Waals surface area contributed by atoms with Gasteiger partial charge in [-0.25, -0.2) is 4.79 Å². The molecule has 0 bridgehead atoms. The summed E-state index contributed by atoms with van der Waals surface area (Å²) in [6.07, 6.45) is -0.395. The molecular weight excluding hydrogens is 228 g/mol. The van der Waals surface area contributed by atoms with Gasteiger partial charge in [-0.3, -0.25) is 4.79 Å². The topological polar surface area (TPSA) is 92.9 Å². The quantitative estimate of drug-likeness (QED) is 0.761. The predicted molar refractivity (Wildman–Crippen MR) is 57.1 cm³/mol.